The van der Waals surface area contributed by atoms with E-state index in [9.17, 15) is 9.59 Å². The van der Waals surface area contributed by atoms with Gasteiger partial charge in [-0.25, -0.2) is 4.79 Å². The molecule has 0 bridgehead atoms. The highest BCUT2D eigenvalue weighted by Gasteiger charge is 2.14. The molecule has 0 radical (unpaired) electrons. The lowest BCUT2D eigenvalue weighted by Crippen LogP contribution is -2.13. The van der Waals surface area contributed by atoms with E-state index in [1.54, 1.807) is 24.3 Å². The van der Waals surface area contributed by atoms with E-state index in [4.69, 9.17) is 10.2 Å². The summed E-state index contributed by atoms with van der Waals surface area (Å²) in [5, 5.41) is 0.571. The summed E-state index contributed by atoms with van der Waals surface area (Å²) in [4.78, 5) is 22.7. The Labute approximate surface area is 85.3 Å². The molecule has 15 heavy (non-hydrogen) atoms. The van der Waals surface area contributed by atoms with E-state index in [0.717, 1.165) is 0 Å². The molecule has 0 atom stereocenters. The number of nitrogen functional groups attached to an aromatic ring is 1. The molecule has 0 unspecified atom stereocenters. The molecule has 0 saturated heterocycles. The van der Waals surface area contributed by atoms with Crippen molar-refractivity contribution < 1.29 is 9.21 Å². The number of Topliss-reactive ketones (excluding diaryl/α,β-unsaturated/α-hetero) is 1. The fraction of sp³-hybridized carbons (Fsp3) is 0.0909. The molecule has 0 spiro atoms. The maximum atomic E-state index is 11.4. The lowest BCUT2D eigenvalue weighted by atomic mass is 10.1. The quantitative estimate of drug-likeness (QED) is 0.564. The first-order valence-electron chi connectivity index (χ1n) is 4.43. The highest BCUT2D eigenvalue weighted by atomic mass is 16.4. The molecule has 0 saturated carbocycles. The molecule has 4 heteroatoms. The molecule has 4 nitrogen and oxygen atoms in total. The topological polar surface area (TPSA) is 73.3 Å². The predicted octanol–water partition coefficient (Wildman–Crippen LogP) is 1.58. The third-order valence-corrected chi connectivity index (χ3v) is 2.20. The van der Waals surface area contributed by atoms with Crippen LogP contribution in [0.5, 0.6) is 0 Å². The molecule has 2 N–H and O–H groups in total. The summed E-state index contributed by atoms with van der Waals surface area (Å²) in [5.41, 5.74) is 5.35. The van der Waals surface area contributed by atoms with Crippen LogP contribution in [-0.4, -0.2) is 5.78 Å². The number of carbonyl (C=O) groups is 1. The third kappa shape index (κ3) is 1.40. The van der Waals surface area contributed by atoms with Gasteiger partial charge in [0, 0.05) is 5.39 Å². The van der Waals surface area contributed by atoms with Gasteiger partial charge in [0.2, 0.25) is 0 Å². The van der Waals surface area contributed by atoms with Gasteiger partial charge in [0.25, 0.3) is 0 Å². The Bertz CT molecular complexity index is 598. The number of ketones is 1. The van der Waals surface area contributed by atoms with Gasteiger partial charge in [-0.15, -0.1) is 0 Å². The third-order valence-electron chi connectivity index (χ3n) is 2.20. The maximum Gasteiger partial charge on any atom is 0.360 e. The number of anilines is 1. The zero-order valence-corrected chi connectivity index (χ0v) is 8.11. The summed E-state index contributed by atoms with van der Waals surface area (Å²) < 4.78 is 4.95. The molecule has 1 heterocycles. The molecule has 0 aliphatic heterocycles. The summed E-state index contributed by atoms with van der Waals surface area (Å²) in [6.45, 7) is 1.37. The van der Waals surface area contributed by atoms with Gasteiger partial charge >= 0.3 is 5.63 Å². The number of hydrogen-bond donors (Lipinski definition) is 1. The first kappa shape index (κ1) is 9.45. The van der Waals surface area contributed by atoms with Crippen molar-refractivity contribution in [1.29, 1.82) is 0 Å². The van der Waals surface area contributed by atoms with Crippen molar-refractivity contribution in [3.8, 4) is 0 Å². The molecule has 0 fully saturated rings. The molecule has 0 aliphatic rings. The van der Waals surface area contributed by atoms with Crippen LogP contribution in [0.1, 0.15) is 17.3 Å². The van der Waals surface area contributed by atoms with Gasteiger partial charge < -0.3 is 10.2 Å². The van der Waals surface area contributed by atoms with Gasteiger partial charge in [-0.2, -0.15) is 0 Å². The first-order valence-corrected chi connectivity index (χ1v) is 4.43. The highest BCUT2D eigenvalue weighted by molar-refractivity contribution is 6.09. The molecule has 0 aliphatic carbocycles. The molecule has 1 aromatic heterocycles. The Morgan fingerprint density at radius 3 is 2.67 bits per heavy atom. The summed E-state index contributed by atoms with van der Waals surface area (Å²) in [6.07, 6.45) is 0. The van der Waals surface area contributed by atoms with Crippen LogP contribution in [0.2, 0.25) is 0 Å². The average Bonchev–Trinajstić information content (AvgIpc) is 2.19. The van der Waals surface area contributed by atoms with Crippen molar-refractivity contribution in [1.82, 2.24) is 0 Å². The van der Waals surface area contributed by atoms with Gasteiger partial charge in [0.1, 0.15) is 11.3 Å². The Morgan fingerprint density at radius 1 is 1.33 bits per heavy atom. The van der Waals surface area contributed by atoms with Gasteiger partial charge in [-0.3, -0.25) is 4.79 Å². The SMILES string of the molecule is CC(=O)c1c(N)c(=O)oc2ccccc12. The minimum Gasteiger partial charge on any atom is -0.421 e. The summed E-state index contributed by atoms with van der Waals surface area (Å²) >= 11 is 0. The second-order valence-corrected chi connectivity index (χ2v) is 3.23. The second kappa shape index (κ2) is 3.24. The van der Waals surface area contributed by atoms with Crippen LogP contribution in [0.15, 0.2) is 33.5 Å². The number of fused-ring (bicyclic) bond motifs is 1. The van der Waals surface area contributed by atoms with Crippen LogP contribution in [0, 0.1) is 0 Å². The fourth-order valence-corrected chi connectivity index (χ4v) is 1.54. The number of benzene rings is 1. The Balaban J connectivity index is 3.02. The number of nitrogens with two attached hydrogens (primary N) is 1. The Morgan fingerprint density at radius 2 is 2.00 bits per heavy atom. The lowest BCUT2D eigenvalue weighted by molar-refractivity contribution is 0.101. The molecule has 76 valence electrons. The van der Waals surface area contributed by atoms with Crippen molar-refractivity contribution in [2.75, 3.05) is 5.73 Å². The first-order chi connectivity index (χ1) is 7.11. The van der Waals surface area contributed by atoms with Gasteiger partial charge in [0.15, 0.2) is 5.78 Å². The molecule has 1 aromatic carbocycles. The van der Waals surface area contributed by atoms with E-state index < -0.39 is 5.63 Å². The van der Waals surface area contributed by atoms with E-state index in [2.05, 4.69) is 0 Å². The van der Waals surface area contributed by atoms with Gasteiger partial charge in [0.05, 0.1) is 5.56 Å². The minimum absolute atomic E-state index is 0.124. The zero-order valence-electron chi connectivity index (χ0n) is 8.11. The number of para-hydroxylation sites is 1. The van der Waals surface area contributed by atoms with Gasteiger partial charge in [-0.1, -0.05) is 18.2 Å². The van der Waals surface area contributed by atoms with Crippen molar-refractivity contribution in [3.63, 3.8) is 0 Å². The highest BCUT2D eigenvalue weighted by Crippen LogP contribution is 2.21. The molecular weight excluding hydrogens is 194 g/mol. The van der Waals surface area contributed by atoms with Crippen LogP contribution in [-0.2, 0) is 0 Å². The Kier molecular flexibility index (Phi) is 2.04. The van der Waals surface area contributed by atoms with Gasteiger partial charge in [-0.05, 0) is 13.0 Å². The van der Waals surface area contributed by atoms with E-state index in [-0.39, 0.29) is 17.0 Å². The number of rotatable bonds is 1. The van der Waals surface area contributed by atoms with E-state index in [0.29, 0.717) is 11.0 Å². The second-order valence-electron chi connectivity index (χ2n) is 3.23. The van der Waals surface area contributed by atoms with Crippen LogP contribution >= 0.6 is 0 Å². The zero-order chi connectivity index (χ0) is 11.0. The van der Waals surface area contributed by atoms with E-state index >= 15 is 0 Å². The van der Waals surface area contributed by atoms with Crippen molar-refractivity contribution in [3.05, 3.63) is 40.2 Å². The number of carbonyl (C=O) groups excluding carboxylic acids is 1. The van der Waals surface area contributed by atoms with Crippen molar-refractivity contribution in [2.24, 2.45) is 0 Å². The molecule has 2 aromatic rings. The molecular formula is C11H9NO3. The van der Waals surface area contributed by atoms with E-state index in [1.807, 2.05) is 0 Å². The summed E-state index contributed by atoms with van der Waals surface area (Å²) in [5.74, 6) is -0.239. The fourth-order valence-electron chi connectivity index (χ4n) is 1.54. The molecule has 0 amide bonds. The largest absolute Gasteiger partial charge is 0.421 e. The standard InChI is InChI=1S/C11H9NO3/c1-6(13)9-7-4-2-3-5-8(7)15-11(14)10(9)12/h2-5H,12H2,1H3. The Hall–Kier alpha value is -2.10. The van der Waals surface area contributed by atoms with Crippen molar-refractivity contribution >= 4 is 22.4 Å². The van der Waals surface area contributed by atoms with Crippen LogP contribution in [0.4, 0.5) is 5.69 Å². The van der Waals surface area contributed by atoms with Crippen LogP contribution in [0.3, 0.4) is 0 Å². The predicted molar refractivity (Wildman–Crippen MR) is 56.9 cm³/mol. The molecule has 2 rings (SSSR count). The smallest absolute Gasteiger partial charge is 0.360 e. The van der Waals surface area contributed by atoms with Crippen LogP contribution < -0.4 is 11.4 Å². The summed E-state index contributed by atoms with van der Waals surface area (Å²) in [6, 6.07) is 6.81. The normalized spacial score (nSPS) is 10.5. The lowest BCUT2D eigenvalue weighted by Gasteiger charge is -2.04. The van der Waals surface area contributed by atoms with E-state index in [1.165, 1.54) is 6.92 Å². The number of hydrogen-bond acceptors (Lipinski definition) is 4. The maximum absolute atomic E-state index is 11.4. The average molecular weight is 203 g/mol. The monoisotopic (exact) mass is 203 g/mol. The van der Waals surface area contributed by atoms with Crippen LogP contribution in [0.25, 0.3) is 11.0 Å². The van der Waals surface area contributed by atoms with Crippen molar-refractivity contribution in [2.45, 2.75) is 6.92 Å². The summed E-state index contributed by atoms with van der Waals surface area (Å²) in [7, 11) is 0. The minimum atomic E-state index is -0.668.